The number of hydroxylamine groups is 2. The lowest BCUT2D eigenvalue weighted by Crippen LogP contribution is -2.51. The van der Waals surface area contributed by atoms with Gasteiger partial charge in [-0.05, 0) is 30.7 Å². The molecule has 2 heterocycles. The lowest BCUT2D eigenvalue weighted by atomic mass is 10.2. The largest absolute Gasteiger partial charge is 0.461 e. The molecule has 0 saturated carbocycles. The van der Waals surface area contributed by atoms with Crippen LogP contribution >= 0.6 is 0 Å². The standard InChI is InChI=1S/C21H24F5N5O5S/c22-15-11-27-19(28-12-15)6-3-17(31(33)14-32)13-37(34,35)30-9-7-29(8-10-30)16-1-4-18(5-2-16)36-21(25,26)20(23)24/h1-2,4-5,11-12,14,17,20,33H,3,6-10,13H2. The van der Waals surface area contributed by atoms with Crippen LogP contribution in [0.1, 0.15) is 12.2 Å². The molecule has 1 atom stereocenters. The van der Waals surface area contributed by atoms with Crippen LogP contribution in [0.15, 0.2) is 36.7 Å². The molecule has 2 aromatic rings. The number of hydrogen-bond donors (Lipinski definition) is 1. The predicted molar refractivity (Wildman–Crippen MR) is 119 cm³/mol. The van der Waals surface area contributed by atoms with Gasteiger partial charge in [0, 0.05) is 38.3 Å². The summed E-state index contributed by atoms with van der Waals surface area (Å²) in [6.45, 7) is 0.586. The number of halogens is 5. The number of alkyl halides is 4. The zero-order valence-corrected chi connectivity index (χ0v) is 20.1. The van der Waals surface area contributed by atoms with E-state index in [1.165, 1.54) is 16.4 Å². The first-order valence-electron chi connectivity index (χ1n) is 11.0. The highest BCUT2D eigenvalue weighted by atomic mass is 32.2. The van der Waals surface area contributed by atoms with Crippen molar-refractivity contribution in [2.45, 2.75) is 31.4 Å². The summed E-state index contributed by atoms with van der Waals surface area (Å²) in [4.78, 5) is 20.4. The topological polar surface area (TPSA) is 116 Å². The Morgan fingerprint density at radius 2 is 1.70 bits per heavy atom. The summed E-state index contributed by atoms with van der Waals surface area (Å²) in [5.41, 5.74) is 0.546. The molecule has 1 fully saturated rings. The first-order chi connectivity index (χ1) is 17.4. The second kappa shape index (κ2) is 12.0. The number of benzene rings is 1. The number of piperazine rings is 1. The number of carbonyl (C=O) groups excluding carboxylic acids is 1. The van der Waals surface area contributed by atoms with Gasteiger partial charge in [0.15, 0.2) is 5.82 Å². The van der Waals surface area contributed by atoms with Gasteiger partial charge in [0.25, 0.3) is 0 Å². The number of nitrogens with zero attached hydrogens (tertiary/aromatic N) is 5. The molecule has 1 unspecified atom stereocenters. The van der Waals surface area contributed by atoms with E-state index in [1.807, 2.05) is 0 Å². The Labute approximate surface area is 209 Å². The molecule has 0 bridgehead atoms. The normalized spacial score (nSPS) is 16.0. The molecule has 204 valence electrons. The number of aromatic nitrogens is 2. The summed E-state index contributed by atoms with van der Waals surface area (Å²) >= 11 is 0. The van der Waals surface area contributed by atoms with E-state index < -0.39 is 45.9 Å². The van der Waals surface area contributed by atoms with Crippen LogP contribution < -0.4 is 9.64 Å². The zero-order valence-electron chi connectivity index (χ0n) is 19.3. The Balaban J connectivity index is 1.57. The minimum atomic E-state index is -4.63. The average Bonchev–Trinajstić information content (AvgIpc) is 2.87. The lowest BCUT2D eigenvalue weighted by molar-refractivity contribution is -0.253. The van der Waals surface area contributed by atoms with Crippen molar-refractivity contribution in [3.8, 4) is 5.75 Å². The number of carbonyl (C=O) groups is 1. The lowest BCUT2D eigenvalue weighted by Gasteiger charge is -2.36. The van der Waals surface area contributed by atoms with Crippen molar-refractivity contribution in [2.24, 2.45) is 0 Å². The maximum absolute atomic E-state index is 13.1. The van der Waals surface area contributed by atoms with Gasteiger partial charge in [-0.1, -0.05) is 0 Å². The highest BCUT2D eigenvalue weighted by Gasteiger charge is 2.44. The summed E-state index contributed by atoms with van der Waals surface area (Å²) < 4.78 is 94.8. The first kappa shape index (κ1) is 28.5. The number of amides is 1. The molecule has 1 aromatic carbocycles. The van der Waals surface area contributed by atoms with E-state index in [4.69, 9.17) is 0 Å². The Hall–Kier alpha value is -3.11. The molecule has 1 saturated heterocycles. The molecule has 0 spiro atoms. The molecule has 37 heavy (non-hydrogen) atoms. The molecular weight excluding hydrogens is 529 g/mol. The van der Waals surface area contributed by atoms with Crippen molar-refractivity contribution < 1.29 is 45.1 Å². The van der Waals surface area contributed by atoms with Crippen molar-refractivity contribution in [3.05, 3.63) is 48.3 Å². The third kappa shape index (κ3) is 7.69. The Morgan fingerprint density at radius 1 is 1.11 bits per heavy atom. The van der Waals surface area contributed by atoms with Gasteiger partial charge in [-0.3, -0.25) is 10.0 Å². The van der Waals surface area contributed by atoms with Crippen LogP contribution in [0.2, 0.25) is 0 Å². The van der Waals surface area contributed by atoms with E-state index in [-0.39, 0.29) is 56.3 Å². The molecule has 1 aliphatic heterocycles. The van der Waals surface area contributed by atoms with E-state index in [0.29, 0.717) is 5.69 Å². The number of sulfonamides is 1. The fraction of sp³-hybridized carbons (Fsp3) is 0.476. The van der Waals surface area contributed by atoms with E-state index in [9.17, 15) is 40.4 Å². The molecule has 0 radical (unpaired) electrons. The highest BCUT2D eigenvalue weighted by Crippen LogP contribution is 2.29. The second-order valence-electron chi connectivity index (χ2n) is 8.12. The van der Waals surface area contributed by atoms with Crippen molar-refractivity contribution in [2.75, 3.05) is 36.8 Å². The van der Waals surface area contributed by atoms with Gasteiger partial charge in [-0.2, -0.15) is 21.9 Å². The number of ether oxygens (including phenoxy) is 1. The summed E-state index contributed by atoms with van der Waals surface area (Å²) in [7, 11) is -3.92. The quantitative estimate of drug-likeness (QED) is 0.184. The third-order valence-electron chi connectivity index (χ3n) is 5.60. The number of anilines is 1. The van der Waals surface area contributed by atoms with Crippen molar-refractivity contribution >= 4 is 22.1 Å². The van der Waals surface area contributed by atoms with Gasteiger partial charge in [0.05, 0.1) is 24.2 Å². The van der Waals surface area contributed by atoms with E-state index in [2.05, 4.69) is 14.7 Å². The maximum Gasteiger partial charge on any atom is 0.461 e. The third-order valence-corrected chi connectivity index (χ3v) is 7.56. The van der Waals surface area contributed by atoms with Crippen LogP contribution in [0.3, 0.4) is 0 Å². The molecule has 16 heteroatoms. The van der Waals surface area contributed by atoms with Crippen molar-refractivity contribution in [1.82, 2.24) is 19.3 Å². The minimum absolute atomic E-state index is 0.000901. The smallest absolute Gasteiger partial charge is 0.428 e. The van der Waals surface area contributed by atoms with Crippen LogP contribution in [0.25, 0.3) is 0 Å². The molecule has 1 aliphatic rings. The summed E-state index contributed by atoms with van der Waals surface area (Å²) in [5.74, 6) is -1.45. The highest BCUT2D eigenvalue weighted by molar-refractivity contribution is 7.89. The summed E-state index contributed by atoms with van der Waals surface area (Å²) in [6, 6.07) is 3.90. The molecule has 0 aliphatic carbocycles. The molecule has 1 amide bonds. The van der Waals surface area contributed by atoms with Gasteiger partial charge >= 0.3 is 12.5 Å². The summed E-state index contributed by atoms with van der Waals surface area (Å²) in [5, 5.41) is 10.2. The minimum Gasteiger partial charge on any atom is -0.428 e. The Kier molecular flexibility index (Phi) is 9.20. The van der Waals surface area contributed by atoms with Crippen LogP contribution in [0.4, 0.5) is 27.6 Å². The molecule has 1 N–H and O–H groups in total. The number of aryl methyl sites for hydroxylation is 1. The maximum atomic E-state index is 13.1. The van der Waals surface area contributed by atoms with Crippen molar-refractivity contribution in [1.29, 1.82) is 0 Å². The van der Waals surface area contributed by atoms with Crippen molar-refractivity contribution in [3.63, 3.8) is 0 Å². The average molecular weight is 554 g/mol. The van der Waals surface area contributed by atoms with Gasteiger partial charge in [-0.25, -0.2) is 27.8 Å². The van der Waals surface area contributed by atoms with Gasteiger partial charge in [0.2, 0.25) is 16.4 Å². The van der Waals surface area contributed by atoms with Crippen LogP contribution in [-0.4, -0.2) is 89.9 Å². The zero-order chi connectivity index (χ0) is 27.2. The first-order valence-corrected chi connectivity index (χ1v) is 12.6. The van der Waals surface area contributed by atoms with E-state index >= 15 is 0 Å². The monoisotopic (exact) mass is 553 g/mol. The molecular formula is C21H24F5N5O5S. The summed E-state index contributed by atoms with van der Waals surface area (Å²) in [6.07, 6.45) is -6.54. The van der Waals surface area contributed by atoms with Crippen LogP contribution in [0, 0.1) is 5.82 Å². The van der Waals surface area contributed by atoms with E-state index in [1.54, 1.807) is 4.90 Å². The Bertz CT molecular complexity index is 1130. The molecule has 1 aromatic heterocycles. The molecule has 10 nitrogen and oxygen atoms in total. The number of hydrogen-bond acceptors (Lipinski definition) is 8. The molecule has 3 rings (SSSR count). The fourth-order valence-electron chi connectivity index (χ4n) is 3.64. The van der Waals surface area contributed by atoms with Gasteiger partial charge in [0.1, 0.15) is 11.6 Å². The Morgan fingerprint density at radius 3 is 2.24 bits per heavy atom. The SMILES string of the molecule is O=CN(O)C(CCc1ncc(F)cn1)CS(=O)(=O)N1CCN(c2ccc(OC(F)(F)C(F)F)cc2)CC1. The predicted octanol–water partition coefficient (Wildman–Crippen LogP) is 2.15. The van der Waals surface area contributed by atoms with Gasteiger partial charge in [-0.15, -0.1) is 0 Å². The van der Waals surface area contributed by atoms with Gasteiger partial charge < -0.3 is 9.64 Å². The number of rotatable bonds is 12. The fourth-order valence-corrected chi connectivity index (χ4v) is 5.38. The van der Waals surface area contributed by atoms with Crippen LogP contribution in [-0.2, 0) is 21.2 Å². The second-order valence-corrected chi connectivity index (χ2v) is 10.1. The van der Waals surface area contributed by atoms with Crippen LogP contribution in [0.5, 0.6) is 5.75 Å². The van der Waals surface area contributed by atoms with E-state index in [0.717, 1.165) is 24.5 Å².